The minimum absolute atomic E-state index is 0.0809. The first-order valence-electron chi connectivity index (χ1n) is 10.7. The van der Waals surface area contributed by atoms with Gasteiger partial charge in [0, 0.05) is 36.6 Å². The van der Waals surface area contributed by atoms with E-state index in [9.17, 15) is 9.59 Å². The number of para-hydroxylation sites is 1. The number of aromatic nitrogens is 2. The number of ether oxygens (including phenoxy) is 1. The van der Waals surface area contributed by atoms with Crippen molar-refractivity contribution in [3.05, 3.63) is 65.1 Å². The summed E-state index contributed by atoms with van der Waals surface area (Å²) < 4.78 is 5.33. The molecule has 0 saturated carbocycles. The molecule has 162 valence electrons. The average molecular weight is 421 g/mol. The number of amides is 2. The fraction of sp³-hybridized carbons (Fsp3) is 0.375. The number of nitrogens with one attached hydrogen (secondary N) is 2. The van der Waals surface area contributed by atoms with E-state index in [0.717, 1.165) is 27.7 Å². The number of H-pyrrole nitrogens is 1. The highest BCUT2D eigenvalue weighted by atomic mass is 16.5. The van der Waals surface area contributed by atoms with Crippen LogP contribution in [0.25, 0.3) is 10.9 Å². The highest BCUT2D eigenvalue weighted by Crippen LogP contribution is 2.23. The summed E-state index contributed by atoms with van der Waals surface area (Å²) in [5, 5.41) is 4.10. The third kappa shape index (κ3) is 4.77. The predicted octanol–water partition coefficient (Wildman–Crippen LogP) is 3.29. The zero-order valence-electron chi connectivity index (χ0n) is 18.0. The molecule has 2 N–H and O–H groups in total. The summed E-state index contributed by atoms with van der Waals surface area (Å²) in [4.78, 5) is 35.3. The van der Waals surface area contributed by atoms with Crippen LogP contribution in [-0.4, -0.2) is 53.0 Å². The molecule has 1 saturated heterocycles. The smallest absolute Gasteiger partial charge is 0.268 e. The Bertz CT molecular complexity index is 1090. The quantitative estimate of drug-likeness (QED) is 0.641. The number of benzene rings is 1. The lowest BCUT2D eigenvalue weighted by Gasteiger charge is -2.27. The third-order valence-corrected chi connectivity index (χ3v) is 5.81. The molecule has 7 heteroatoms. The molecule has 31 heavy (non-hydrogen) atoms. The van der Waals surface area contributed by atoms with Crippen molar-refractivity contribution in [1.29, 1.82) is 0 Å². The molecule has 3 heterocycles. The number of nitrogens with zero attached hydrogens (tertiary/aromatic N) is 2. The molecule has 1 fully saturated rings. The highest BCUT2D eigenvalue weighted by molar-refractivity contribution is 5.98. The summed E-state index contributed by atoms with van der Waals surface area (Å²) in [7, 11) is 0. The van der Waals surface area contributed by atoms with E-state index in [2.05, 4.69) is 15.3 Å². The molecule has 0 radical (unpaired) electrons. The average Bonchev–Trinajstić information content (AvgIpc) is 3.23. The van der Waals surface area contributed by atoms with Gasteiger partial charge in [0.2, 0.25) is 5.91 Å². The maximum atomic E-state index is 13.1. The summed E-state index contributed by atoms with van der Waals surface area (Å²) in [6.07, 6.45) is 2.55. The molecule has 0 bridgehead atoms. The zero-order chi connectivity index (χ0) is 21.8. The molecule has 7 nitrogen and oxygen atoms in total. The van der Waals surface area contributed by atoms with Crippen LogP contribution in [0.2, 0.25) is 0 Å². The number of carbonyl (C=O) groups excluding carboxylic acids is 2. The van der Waals surface area contributed by atoms with Crippen molar-refractivity contribution in [3.63, 3.8) is 0 Å². The van der Waals surface area contributed by atoms with Crippen LogP contribution in [0.5, 0.6) is 0 Å². The molecule has 4 rings (SSSR count). The first-order chi connectivity index (χ1) is 15.0. The zero-order valence-corrected chi connectivity index (χ0v) is 18.0. The summed E-state index contributed by atoms with van der Waals surface area (Å²) >= 11 is 0. The van der Waals surface area contributed by atoms with Gasteiger partial charge in [-0.1, -0.05) is 24.3 Å². The number of fused-ring (bicyclic) bond motifs is 1. The van der Waals surface area contributed by atoms with Crippen LogP contribution in [0, 0.1) is 13.8 Å². The number of pyridine rings is 1. The van der Waals surface area contributed by atoms with Gasteiger partial charge in [-0.15, -0.1) is 0 Å². The molecule has 1 unspecified atom stereocenters. The lowest BCUT2D eigenvalue weighted by molar-refractivity contribution is -0.135. The van der Waals surface area contributed by atoms with Gasteiger partial charge in [-0.05, 0) is 43.5 Å². The number of hydrogen-bond donors (Lipinski definition) is 2. The van der Waals surface area contributed by atoms with Crippen molar-refractivity contribution in [1.82, 2.24) is 20.2 Å². The Morgan fingerprint density at radius 1 is 1.16 bits per heavy atom. The minimum Gasteiger partial charge on any atom is -0.378 e. The first kappa shape index (κ1) is 21.1. The first-order valence-corrected chi connectivity index (χ1v) is 10.7. The molecule has 2 amide bonds. The van der Waals surface area contributed by atoms with Gasteiger partial charge in [0.05, 0.1) is 24.9 Å². The molecule has 3 aromatic rings. The maximum Gasteiger partial charge on any atom is 0.268 e. The van der Waals surface area contributed by atoms with Crippen LogP contribution in [0.4, 0.5) is 0 Å². The number of aryl methyl sites for hydroxylation is 2. The highest BCUT2D eigenvalue weighted by Gasteiger charge is 2.23. The van der Waals surface area contributed by atoms with E-state index in [1.807, 2.05) is 55.1 Å². The minimum atomic E-state index is -0.355. The van der Waals surface area contributed by atoms with Crippen molar-refractivity contribution < 1.29 is 14.3 Å². The van der Waals surface area contributed by atoms with Crippen LogP contribution >= 0.6 is 0 Å². The summed E-state index contributed by atoms with van der Waals surface area (Å²) in [5.41, 5.74) is 4.32. The Morgan fingerprint density at radius 2 is 1.94 bits per heavy atom. The van der Waals surface area contributed by atoms with Crippen molar-refractivity contribution in [3.8, 4) is 0 Å². The van der Waals surface area contributed by atoms with E-state index >= 15 is 0 Å². The second kappa shape index (κ2) is 9.31. The molecule has 1 aromatic carbocycles. The van der Waals surface area contributed by atoms with Crippen LogP contribution in [0.15, 0.2) is 42.6 Å². The third-order valence-electron chi connectivity index (χ3n) is 5.81. The van der Waals surface area contributed by atoms with E-state index in [4.69, 9.17) is 4.74 Å². The monoisotopic (exact) mass is 420 g/mol. The van der Waals surface area contributed by atoms with E-state index in [0.29, 0.717) is 44.8 Å². The van der Waals surface area contributed by atoms with E-state index in [-0.39, 0.29) is 17.9 Å². The lowest BCUT2D eigenvalue weighted by Crippen LogP contribution is -2.41. The molecular formula is C24H28N4O3. The molecule has 0 aliphatic carbocycles. The Balaban J connectivity index is 1.52. The van der Waals surface area contributed by atoms with Gasteiger partial charge in [-0.3, -0.25) is 14.6 Å². The number of aromatic amines is 1. The van der Waals surface area contributed by atoms with Crippen molar-refractivity contribution >= 4 is 22.7 Å². The van der Waals surface area contributed by atoms with Crippen LogP contribution in [-0.2, 0) is 9.53 Å². The van der Waals surface area contributed by atoms with Gasteiger partial charge in [0.1, 0.15) is 5.69 Å². The van der Waals surface area contributed by atoms with E-state index in [1.54, 1.807) is 6.20 Å². The second-order valence-corrected chi connectivity index (χ2v) is 7.99. The van der Waals surface area contributed by atoms with Crippen LogP contribution in [0.3, 0.4) is 0 Å². The SMILES string of the molecule is Cc1cccnc1C(CCC(=O)N1CCOCC1)NC(=O)c1cc2cccc(C)c2[nH]1. The van der Waals surface area contributed by atoms with E-state index in [1.165, 1.54) is 0 Å². The summed E-state index contributed by atoms with van der Waals surface area (Å²) in [6.45, 7) is 6.37. The van der Waals surface area contributed by atoms with Crippen molar-refractivity contribution in [2.75, 3.05) is 26.3 Å². The van der Waals surface area contributed by atoms with Gasteiger partial charge < -0.3 is 19.9 Å². The number of hydrogen-bond acceptors (Lipinski definition) is 4. The fourth-order valence-electron chi connectivity index (χ4n) is 4.04. The van der Waals surface area contributed by atoms with Crippen molar-refractivity contribution in [2.45, 2.75) is 32.7 Å². The molecule has 0 spiro atoms. The maximum absolute atomic E-state index is 13.1. The molecule has 1 aliphatic rings. The fourth-order valence-corrected chi connectivity index (χ4v) is 4.04. The number of rotatable bonds is 6. The summed E-state index contributed by atoms with van der Waals surface area (Å²) in [5.74, 6) is -0.123. The Labute approximate surface area is 181 Å². The topological polar surface area (TPSA) is 87.3 Å². The Kier molecular flexibility index (Phi) is 6.32. The van der Waals surface area contributed by atoms with Crippen LogP contribution < -0.4 is 5.32 Å². The lowest BCUT2D eigenvalue weighted by atomic mass is 10.0. The molecule has 1 atom stereocenters. The van der Waals surface area contributed by atoms with Gasteiger partial charge in [0.15, 0.2) is 0 Å². The Hall–Kier alpha value is -3.19. The van der Waals surface area contributed by atoms with Crippen LogP contribution in [0.1, 0.15) is 46.2 Å². The molecular weight excluding hydrogens is 392 g/mol. The van der Waals surface area contributed by atoms with Gasteiger partial charge in [-0.2, -0.15) is 0 Å². The largest absolute Gasteiger partial charge is 0.378 e. The second-order valence-electron chi connectivity index (χ2n) is 7.99. The standard InChI is InChI=1S/C24H28N4O3/c1-16-5-3-7-18-15-20(26-22(16)18)24(30)27-19(23-17(2)6-4-10-25-23)8-9-21(29)28-11-13-31-14-12-28/h3-7,10,15,19,26H,8-9,11-14H2,1-2H3,(H,27,30). The number of morpholine rings is 1. The van der Waals surface area contributed by atoms with Gasteiger partial charge in [-0.25, -0.2) is 0 Å². The van der Waals surface area contributed by atoms with Crippen molar-refractivity contribution in [2.24, 2.45) is 0 Å². The predicted molar refractivity (Wildman–Crippen MR) is 119 cm³/mol. The van der Waals surface area contributed by atoms with E-state index < -0.39 is 0 Å². The summed E-state index contributed by atoms with van der Waals surface area (Å²) in [6, 6.07) is 11.3. The molecule has 2 aromatic heterocycles. The van der Waals surface area contributed by atoms with Gasteiger partial charge in [0.25, 0.3) is 5.91 Å². The van der Waals surface area contributed by atoms with Gasteiger partial charge >= 0.3 is 0 Å². The normalized spacial score (nSPS) is 15.1. The molecule has 1 aliphatic heterocycles. The Morgan fingerprint density at radius 3 is 2.68 bits per heavy atom. The number of carbonyl (C=O) groups is 2.